The Kier molecular flexibility index (Phi) is 2.93. The van der Waals surface area contributed by atoms with Gasteiger partial charge >= 0.3 is 0 Å². The number of fused-ring (bicyclic) bond motifs is 1. The molecule has 1 atom stereocenters. The highest BCUT2D eigenvalue weighted by Gasteiger charge is 2.17. The summed E-state index contributed by atoms with van der Waals surface area (Å²) in [6.07, 6.45) is 0. The standard InChI is InChI=1S/C13H9BrClNO2/c14-12-4-3-10(18-12)13(16)11-6-7-5-8(15)1-2-9(7)17-11/h1-6,13H,16H2. The molecule has 0 radical (unpaired) electrons. The number of halogens is 2. The van der Waals surface area contributed by atoms with Crippen LogP contribution in [-0.4, -0.2) is 0 Å². The lowest BCUT2D eigenvalue weighted by molar-refractivity contribution is 0.433. The first-order chi connectivity index (χ1) is 8.63. The van der Waals surface area contributed by atoms with Crippen molar-refractivity contribution >= 4 is 38.5 Å². The molecule has 3 rings (SSSR count). The molecule has 0 aliphatic heterocycles. The Morgan fingerprint density at radius 3 is 2.61 bits per heavy atom. The van der Waals surface area contributed by atoms with Crippen molar-refractivity contribution in [3.8, 4) is 0 Å². The molecule has 0 amide bonds. The highest BCUT2D eigenvalue weighted by molar-refractivity contribution is 9.10. The molecule has 0 fully saturated rings. The third kappa shape index (κ3) is 2.07. The van der Waals surface area contributed by atoms with Crippen molar-refractivity contribution in [3.63, 3.8) is 0 Å². The Balaban J connectivity index is 2.03. The fourth-order valence-electron chi connectivity index (χ4n) is 1.82. The molecule has 0 bridgehead atoms. The molecular weight excluding hydrogens is 318 g/mol. The van der Waals surface area contributed by atoms with E-state index in [2.05, 4.69) is 15.9 Å². The van der Waals surface area contributed by atoms with Gasteiger partial charge in [0.15, 0.2) is 4.67 Å². The lowest BCUT2D eigenvalue weighted by Crippen LogP contribution is -2.09. The molecule has 0 spiro atoms. The average molecular weight is 327 g/mol. The maximum absolute atomic E-state index is 6.09. The van der Waals surface area contributed by atoms with Crippen LogP contribution in [0.2, 0.25) is 5.02 Å². The number of furan rings is 2. The first kappa shape index (κ1) is 11.8. The first-order valence-electron chi connectivity index (χ1n) is 5.33. The molecule has 0 aliphatic carbocycles. The van der Waals surface area contributed by atoms with E-state index in [1.165, 1.54) is 0 Å². The van der Waals surface area contributed by atoms with Gasteiger partial charge < -0.3 is 14.6 Å². The molecule has 1 aromatic carbocycles. The summed E-state index contributed by atoms with van der Waals surface area (Å²) in [6, 6.07) is 10.5. The largest absolute Gasteiger partial charge is 0.459 e. The van der Waals surface area contributed by atoms with Crippen LogP contribution in [0.25, 0.3) is 11.0 Å². The van der Waals surface area contributed by atoms with E-state index in [1.54, 1.807) is 12.1 Å². The molecule has 3 nitrogen and oxygen atoms in total. The maximum atomic E-state index is 6.09. The number of benzene rings is 1. The van der Waals surface area contributed by atoms with Crippen LogP contribution in [0.3, 0.4) is 0 Å². The van der Waals surface area contributed by atoms with Gasteiger partial charge in [-0.15, -0.1) is 0 Å². The smallest absolute Gasteiger partial charge is 0.169 e. The quantitative estimate of drug-likeness (QED) is 0.755. The van der Waals surface area contributed by atoms with E-state index >= 15 is 0 Å². The Bertz CT molecular complexity index is 704. The minimum Gasteiger partial charge on any atom is -0.459 e. The molecule has 3 aromatic rings. The van der Waals surface area contributed by atoms with Crippen molar-refractivity contribution in [3.05, 3.63) is 57.6 Å². The summed E-state index contributed by atoms with van der Waals surface area (Å²) < 4.78 is 11.8. The summed E-state index contributed by atoms with van der Waals surface area (Å²) in [5.41, 5.74) is 6.85. The lowest BCUT2D eigenvalue weighted by atomic mass is 10.1. The van der Waals surface area contributed by atoms with Crippen molar-refractivity contribution in [2.75, 3.05) is 0 Å². The minimum absolute atomic E-state index is 0.428. The summed E-state index contributed by atoms with van der Waals surface area (Å²) in [7, 11) is 0. The van der Waals surface area contributed by atoms with E-state index in [0.29, 0.717) is 21.2 Å². The van der Waals surface area contributed by atoms with Gasteiger partial charge in [-0.3, -0.25) is 0 Å². The predicted octanol–water partition coefficient (Wildman–Crippen LogP) is 4.49. The zero-order valence-corrected chi connectivity index (χ0v) is 11.5. The van der Waals surface area contributed by atoms with E-state index in [0.717, 1.165) is 11.0 Å². The maximum Gasteiger partial charge on any atom is 0.169 e. The van der Waals surface area contributed by atoms with Crippen LogP contribution < -0.4 is 5.73 Å². The molecule has 0 aliphatic rings. The second-order valence-electron chi connectivity index (χ2n) is 3.95. The van der Waals surface area contributed by atoms with Gasteiger partial charge in [-0.1, -0.05) is 11.6 Å². The van der Waals surface area contributed by atoms with Crippen molar-refractivity contribution in [2.24, 2.45) is 5.73 Å². The molecule has 5 heteroatoms. The van der Waals surface area contributed by atoms with Crippen LogP contribution in [0.4, 0.5) is 0 Å². The van der Waals surface area contributed by atoms with Gasteiger partial charge in [0, 0.05) is 10.4 Å². The van der Waals surface area contributed by atoms with Crippen molar-refractivity contribution in [2.45, 2.75) is 6.04 Å². The number of nitrogens with two attached hydrogens (primary N) is 1. The van der Waals surface area contributed by atoms with Crippen LogP contribution in [0.1, 0.15) is 17.6 Å². The Labute approximate surface area is 117 Å². The predicted molar refractivity (Wildman–Crippen MR) is 73.7 cm³/mol. The summed E-state index contributed by atoms with van der Waals surface area (Å²) in [5.74, 6) is 1.29. The van der Waals surface area contributed by atoms with Crippen LogP contribution in [0, 0.1) is 0 Å². The average Bonchev–Trinajstić information content (AvgIpc) is 2.93. The van der Waals surface area contributed by atoms with Gasteiger partial charge in [-0.2, -0.15) is 0 Å². The highest BCUT2D eigenvalue weighted by Crippen LogP contribution is 2.30. The molecule has 0 saturated carbocycles. The number of rotatable bonds is 2. The Morgan fingerprint density at radius 1 is 1.06 bits per heavy atom. The van der Waals surface area contributed by atoms with Gasteiger partial charge in [0.2, 0.25) is 0 Å². The second-order valence-corrected chi connectivity index (χ2v) is 5.17. The minimum atomic E-state index is -0.428. The fourth-order valence-corrected chi connectivity index (χ4v) is 2.32. The molecule has 1 unspecified atom stereocenters. The third-order valence-corrected chi connectivity index (χ3v) is 3.37. The van der Waals surface area contributed by atoms with E-state index in [-0.39, 0.29) is 0 Å². The summed E-state index contributed by atoms with van der Waals surface area (Å²) in [5, 5.41) is 1.60. The summed E-state index contributed by atoms with van der Waals surface area (Å²) in [4.78, 5) is 0. The fraction of sp³-hybridized carbons (Fsp3) is 0.0769. The van der Waals surface area contributed by atoms with Crippen LogP contribution >= 0.6 is 27.5 Å². The normalized spacial score (nSPS) is 13.1. The van der Waals surface area contributed by atoms with Crippen molar-refractivity contribution in [1.29, 1.82) is 0 Å². The van der Waals surface area contributed by atoms with Crippen LogP contribution in [0.5, 0.6) is 0 Å². The Morgan fingerprint density at radius 2 is 1.89 bits per heavy atom. The van der Waals surface area contributed by atoms with Crippen molar-refractivity contribution < 1.29 is 8.83 Å². The third-order valence-electron chi connectivity index (χ3n) is 2.70. The highest BCUT2D eigenvalue weighted by atomic mass is 79.9. The van der Waals surface area contributed by atoms with E-state index < -0.39 is 6.04 Å². The van der Waals surface area contributed by atoms with Gasteiger partial charge in [-0.25, -0.2) is 0 Å². The monoisotopic (exact) mass is 325 g/mol. The molecule has 0 saturated heterocycles. The molecule has 2 heterocycles. The molecular formula is C13H9BrClNO2. The SMILES string of the molecule is NC(c1ccc(Br)o1)c1cc2cc(Cl)ccc2o1. The van der Waals surface area contributed by atoms with Crippen LogP contribution in [0.15, 0.2) is 49.9 Å². The molecule has 2 N–H and O–H groups in total. The van der Waals surface area contributed by atoms with Crippen molar-refractivity contribution in [1.82, 2.24) is 0 Å². The zero-order chi connectivity index (χ0) is 12.7. The van der Waals surface area contributed by atoms with Gasteiger partial charge in [0.1, 0.15) is 23.1 Å². The van der Waals surface area contributed by atoms with E-state index in [9.17, 15) is 0 Å². The molecule has 92 valence electrons. The van der Waals surface area contributed by atoms with Gasteiger partial charge in [0.25, 0.3) is 0 Å². The van der Waals surface area contributed by atoms with E-state index in [4.69, 9.17) is 26.2 Å². The summed E-state index contributed by atoms with van der Waals surface area (Å²) in [6.45, 7) is 0. The second kappa shape index (κ2) is 4.46. The lowest BCUT2D eigenvalue weighted by Gasteiger charge is -2.03. The first-order valence-corrected chi connectivity index (χ1v) is 6.50. The number of hydrogen-bond donors (Lipinski definition) is 1. The van der Waals surface area contributed by atoms with E-state index in [1.807, 2.05) is 24.3 Å². The Hall–Kier alpha value is -1.23. The van der Waals surface area contributed by atoms with Crippen LogP contribution in [-0.2, 0) is 0 Å². The molecule has 2 aromatic heterocycles. The molecule has 18 heavy (non-hydrogen) atoms. The zero-order valence-electron chi connectivity index (χ0n) is 9.19. The summed E-state index contributed by atoms with van der Waals surface area (Å²) >= 11 is 9.18. The topological polar surface area (TPSA) is 52.3 Å². The number of hydrogen-bond acceptors (Lipinski definition) is 3. The van der Waals surface area contributed by atoms with Gasteiger partial charge in [0.05, 0.1) is 0 Å². The van der Waals surface area contributed by atoms with Gasteiger partial charge in [-0.05, 0) is 52.3 Å².